The first-order chi connectivity index (χ1) is 9.76. The van der Waals surface area contributed by atoms with Gasteiger partial charge in [-0.15, -0.1) is 11.3 Å². The monoisotopic (exact) mass is 285 g/mol. The summed E-state index contributed by atoms with van der Waals surface area (Å²) in [6.45, 7) is 2.44. The molecule has 2 heterocycles. The first-order valence-electron chi connectivity index (χ1n) is 6.53. The Morgan fingerprint density at radius 3 is 3.05 bits per heavy atom. The van der Waals surface area contributed by atoms with E-state index in [1.807, 2.05) is 22.2 Å². The molecule has 1 aromatic carbocycles. The Morgan fingerprint density at radius 1 is 1.40 bits per heavy atom. The topological polar surface area (TPSA) is 46.9 Å². The molecule has 4 nitrogen and oxygen atoms in total. The van der Waals surface area contributed by atoms with Crippen molar-refractivity contribution in [2.45, 2.75) is 19.9 Å². The molecule has 0 atom stereocenters. The van der Waals surface area contributed by atoms with E-state index < -0.39 is 0 Å². The highest BCUT2D eigenvalue weighted by molar-refractivity contribution is 7.13. The standard InChI is InChI=1S/C15H15N3OS/c1-2-11-3-4-13-12(9-11)5-7-18(13)10-14(19)17-15-16-6-8-20-15/h3-9H,2,10H2,1H3,(H,16,17,19). The van der Waals surface area contributed by atoms with Crippen LogP contribution in [0.1, 0.15) is 12.5 Å². The first-order valence-corrected chi connectivity index (χ1v) is 7.41. The van der Waals surface area contributed by atoms with Crippen molar-refractivity contribution in [2.24, 2.45) is 0 Å². The summed E-state index contributed by atoms with van der Waals surface area (Å²) < 4.78 is 1.96. The molecule has 0 saturated carbocycles. The van der Waals surface area contributed by atoms with E-state index in [0.29, 0.717) is 11.7 Å². The molecule has 0 saturated heterocycles. The quantitative estimate of drug-likeness (QED) is 0.799. The molecule has 1 amide bonds. The maximum Gasteiger partial charge on any atom is 0.246 e. The highest BCUT2D eigenvalue weighted by Gasteiger charge is 2.08. The Hall–Kier alpha value is -2.14. The van der Waals surface area contributed by atoms with E-state index in [4.69, 9.17) is 0 Å². The molecule has 0 spiro atoms. The third-order valence-electron chi connectivity index (χ3n) is 3.24. The molecule has 1 N–H and O–H groups in total. The molecule has 5 heteroatoms. The van der Waals surface area contributed by atoms with Crippen LogP contribution in [-0.2, 0) is 17.8 Å². The number of rotatable bonds is 4. The Morgan fingerprint density at radius 2 is 2.30 bits per heavy atom. The van der Waals surface area contributed by atoms with Crippen molar-refractivity contribution in [3.8, 4) is 0 Å². The van der Waals surface area contributed by atoms with Crippen LogP contribution in [0.3, 0.4) is 0 Å². The SMILES string of the molecule is CCc1ccc2c(ccn2CC(=O)Nc2nccs2)c1. The zero-order valence-electron chi connectivity index (χ0n) is 11.2. The van der Waals surface area contributed by atoms with Gasteiger partial charge < -0.3 is 9.88 Å². The lowest BCUT2D eigenvalue weighted by atomic mass is 10.1. The number of carbonyl (C=O) groups is 1. The third kappa shape index (κ3) is 2.58. The molecule has 2 aromatic heterocycles. The number of benzene rings is 1. The van der Waals surface area contributed by atoms with Gasteiger partial charge in [0.1, 0.15) is 6.54 Å². The fourth-order valence-electron chi connectivity index (χ4n) is 2.21. The third-order valence-corrected chi connectivity index (χ3v) is 3.92. The molecule has 0 unspecified atom stereocenters. The summed E-state index contributed by atoms with van der Waals surface area (Å²) in [6.07, 6.45) is 4.65. The fourth-order valence-corrected chi connectivity index (χ4v) is 2.75. The lowest BCUT2D eigenvalue weighted by molar-refractivity contribution is -0.116. The van der Waals surface area contributed by atoms with Gasteiger partial charge in [0.2, 0.25) is 5.91 Å². The predicted octanol–water partition coefficient (Wildman–Crippen LogP) is 3.30. The molecular weight excluding hydrogens is 270 g/mol. The Kier molecular flexibility index (Phi) is 3.52. The summed E-state index contributed by atoms with van der Waals surface area (Å²) in [4.78, 5) is 16.0. The highest BCUT2D eigenvalue weighted by Crippen LogP contribution is 2.18. The summed E-state index contributed by atoms with van der Waals surface area (Å²) in [5.41, 5.74) is 2.39. The first kappa shape index (κ1) is 12.9. The predicted molar refractivity (Wildman–Crippen MR) is 82.1 cm³/mol. The zero-order chi connectivity index (χ0) is 13.9. The van der Waals surface area contributed by atoms with Crippen molar-refractivity contribution in [3.05, 3.63) is 47.6 Å². The molecule has 0 aliphatic rings. The van der Waals surface area contributed by atoms with Gasteiger partial charge in [-0.2, -0.15) is 0 Å². The molecule has 20 heavy (non-hydrogen) atoms. The van der Waals surface area contributed by atoms with Crippen molar-refractivity contribution in [1.82, 2.24) is 9.55 Å². The van der Waals surface area contributed by atoms with Crippen LogP contribution in [0.25, 0.3) is 10.9 Å². The van der Waals surface area contributed by atoms with E-state index in [0.717, 1.165) is 11.9 Å². The van der Waals surface area contributed by atoms with Gasteiger partial charge in [-0.3, -0.25) is 4.79 Å². The number of amides is 1. The maximum absolute atomic E-state index is 12.0. The lowest BCUT2D eigenvalue weighted by Crippen LogP contribution is -2.18. The Balaban J connectivity index is 1.79. The van der Waals surface area contributed by atoms with Crippen LogP contribution >= 0.6 is 11.3 Å². The molecule has 102 valence electrons. The van der Waals surface area contributed by atoms with Crippen molar-refractivity contribution in [1.29, 1.82) is 0 Å². The van der Waals surface area contributed by atoms with Crippen LogP contribution in [0.4, 0.5) is 5.13 Å². The number of hydrogen-bond donors (Lipinski definition) is 1. The van der Waals surface area contributed by atoms with Gasteiger partial charge in [0.25, 0.3) is 0 Å². The molecule has 0 fully saturated rings. The number of carbonyl (C=O) groups excluding carboxylic acids is 1. The summed E-state index contributed by atoms with van der Waals surface area (Å²) in [7, 11) is 0. The summed E-state index contributed by atoms with van der Waals surface area (Å²) in [5.74, 6) is -0.0583. The second-order valence-electron chi connectivity index (χ2n) is 4.58. The normalized spacial score (nSPS) is 10.8. The minimum absolute atomic E-state index is 0.0583. The number of hydrogen-bond acceptors (Lipinski definition) is 3. The number of thiazole rings is 1. The maximum atomic E-state index is 12.0. The van der Waals surface area contributed by atoms with E-state index in [2.05, 4.69) is 35.4 Å². The highest BCUT2D eigenvalue weighted by atomic mass is 32.1. The second-order valence-corrected chi connectivity index (χ2v) is 5.47. The van der Waals surface area contributed by atoms with Crippen LogP contribution < -0.4 is 5.32 Å². The summed E-state index contributed by atoms with van der Waals surface area (Å²) in [5, 5.41) is 6.45. The van der Waals surface area contributed by atoms with Crippen LogP contribution in [0, 0.1) is 0 Å². The van der Waals surface area contributed by atoms with E-state index in [-0.39, 0.29) is 5.91 Å². The summed E-state index contributed by atoms with van der Waals surface area (Å²) in [6, 6.07) is 8.40. The smallest absolute Gasteiger partial charge is 0.246 e. The lowest BCUT2D eigenvalue weighted by Gasteiger charge is -2.06. The van der Waals surface area contributed by atoms with E-state index in [1.165, 1.54) is 22.3 Å². The molecule has 0 aliphatic carbocycles. The van der Waals surface area contributed by atoms with Crippen molar-refractivity contribution in [3.63, 3.8) is 0 Å². The van der Waals surface area contributed by atoms with Crippen LogP contribution in [0.2, 0.25) is 0 Å². The molecule has 3 rings (SSSR count). The van der Waals surface area contributed by atoms with Gasteiger partial charge in [-0.1, -0.05) is 13.0 Å². The van der Waals surface area contributed by atoms with E-state index in [9.17, 15) is 4.79 Å². The molecule has 0 bridgehead atoms. The second kappa shape index (κ2) is 5.46. The zero-order valence-corrected chi connectivity index (χ0v) is 12.0. The average molecular weight is 285 g/mol. The number of nitrogens with one attached hydrogen (secondary N) is 1. The number of aryl methyl sites for hydroxylation is 1. The minimum Gasteiger partial charge on any atom is -0.338 e. The van der Waals surface area contributed by atoms with Crippen molar-refractivity contribution >= 4 is 33.3 Å². The van der Waals surface area contributed by atoms with Crippen molar-refractivity contribution in [2.75, 3.05) is 5.32 Å². The van der Waals surface area contributed by atoms with E-state index >= 15 is 0 Å². The van der Waals surface area contributed by atoms with Crippen molar-refractivity contribution < 1.29 is 4.79 Å². The molecule has 0 radical (unpaired) electrons. The number of anilines is 1. The molecule has 3 aromatic rings. The minimum atomic E-state index is -0.0583. The van der Waals surface area contributed by atoms with Crippen LogP contribution in [0.5, 0.6) is 0 Å². The van der Waals surface area contributed by atoms with Gasteiger partial charge in [-0.05, 0) is 35.6 Å². The van der Waals surface area contributed by atoms with Gasteiger partial charge >= 0.3 is 0 Å². The van der Waals surface area contributed by atoms with Gasteiger partial charge in [-0.25, -0.2) is 4.98 Å². The van der Waals surface area contributed by atoms with Gasteiger partial charge in [0.05, 0.1) is 0 Å². The number of nitrogens with zero attached hydrogens (tertiary/aromatic N) is 2. The van der Waals surface area contributed by atoms with Gasteiger partial charge in [0.15, 0.2) is 5.13 Å². The number of fused-ring (bicyclic) bond motifs is 1. The van der Waals surface area contributed by atoms with E-state index in [1.54, 1.807) is 6.20 Å². The molecular formula is C15H15N3OS. The molecule has 0 aliphatic heterocycles. The van der Waals surface area contributed by atoms with Crippen LogP contribution in [-0.4, -0.2) is 15.5 Å². The Bertz CT molecular complexity index is 731. The van der Waals surface area contributed by atoms with Crippen LogP contribution in [0.15, 0.2) is 42.0 Å². The average Bonchev–Trinajstić information content (AvgIpc) is 3.08. The number of aromatic nitrogens is 2. The summed E-state index contributed by atoms with van der Waals surface area (Å²) >= 11 is 1.42. The Labute approximate surface area is 121 Å². The fraction of sp³-hybridized carbons (Fsp3) is 0.200. The van der Waals surface area contributed by atoms with Gasteiger partial charge in [0, 0.05) is 23.3 Å². The largest absolute Gasteiger partial charge is 0.338 e.